The molecule has 48 heavy (non-hydrogen) atoms. The van der Waals surface area contributed by atoms with Gasteiger partial charge in [-0.2, -0.15) is 39.5 Å². The molecule has 2 heterocycles. The Morgan fingerprint density at radius 2 is 1.35 bits per heavy atom. The van der Waals surface area contributed by atoms with Crippen molar-refractivity contribution in [3.8, 4) is 0 Å². The molecule has 2 aliphatic heterocycles. The van der Waals surface area contributed by atoms with Crippen LogP contribution in [0, 0.1) is 11.7 Å². The monoisotopic (exact) mass is 720 g/mol. The molecule has 0 N–H and O–H groups in total. The van der Waals surface area contributed by atoms with Crippen LogP contribution in [0.2, 0.25) is 0 Å². The van der Waals surface area contributed by atoms with Gasteiger partial charge >= 0.3 is 24.6 Å². The van der Waals surface area contributed by atoms with Crippen LogP contribution in [0.5, 0.6) is 0 Å². The van der Waals surface area contributed by atoms with E-state index in [1.165, 1.54) is 24.1 Å². The number of hydrogen-bond donors (Lipinski definition) is 0. The fourth-order valence-corrected chi connectivity index (χ4v) is 7.32. The SMILES string of the molecule is CN(C(=O)N(C)[C@@H]1CN(C(=O)C2CCN(S(=O)(=O)CC(F)(F)F)CC2)C[C@H]1c1ccc(F)cc1)c1cc(C(F)(F)F)cc(C(F)(F)F)c1. The van der Waals surface area contributed by atoms with Crippen molar-refractivity contribution in [2.75, 3.05) is 50.9 Å². The third-order valence-corrected chi connectivity index (χ3v) is 10.3. The van der Waals surface area contributed by atoms with Crippen LogP contribution in [0.3, 0.4) is 0 Å². The van der Waals surface area contributed by atoms with Crippen molar-refractivity contribution in [3.63, 3.8) is 0 Å². The number of amides is 3. The molecule has 0 radical (unpaired) electrons. The Morgan fingerprint density at radius 3 is 1.83 bits per heavy atom. The van der Waals surface area contributed by atoms with Crippen LogP contribution in [-0.2, 0) is 27.2 Å². The molecule has 4 rings (SSSR count). The van der Waals surface area contributed by atoms with Gasteiger partial charge < -0.3 is 9.80 Å². The Kier molecular flexibility index (Phi) is 10.4. The van der Waals surface area contributed by atoms with E-state index in [1.807, 2.05) is 0 Å². The summed E-state index contributed by atoms with van der Waals surface area (Å²) in [4.78, 5) is 30.1. The van der Waals surface area contributed by atoms with Crippen LogP contribution in [0.1, 0.15) is 35.4 Å². The Bertz CT molecular complexity index is 1570. The summed E-state index contributed by atoms with van der Waals surface area (Å²) in [6.07, 6.45) is -15.5. The van der Waals surface area contributed by atoms with Gasteiger partial charge in [0.1, 0.15) is 5.82 Å². The minimum atomic E-state index is -5.16. The normalized spacial score (nSPS) is 20.2. The first kappa shape index (κ1) is 37.2. The number of carbonyl (C=O) groups excluding carboxylic acids is 2. The van der Waals surface area contributed by atoms with Crippen LogP contribution in [-0.4, -0.2) is 92.7 Å². The lowest BCUT2D eigenvalue weighted by Crippen LogP contribution is -2.48. The number of nitrogens with zero attached hydrogens (tertiary/aromatic N) is 4. The Labute approximate surface area is 268 Å². The van der Waals surface area contributed by atoms with Crippen molar-refractivity contribution in [2.45, 2.75) is 43.3 Å². The molecule has 266 valence electrons. The molecular weight excluding hydrogens is 690 g/mol. The third-order valence-electron chi connectivity index (χ3n) is 8.49. The molecule has 2 atom stereocenters. The molecule has 0 bridgehead atoms. The van der Waals surface area contributed by atoms with Gasteiger partial charge in [0.05, 0.1) is 17.2 Å². The van der Waals surface area contributed by atoms with E-state index in [0.717, 1.165) is 24.1 Å². The smallest absolute Gasteiger partial charge is 0.340 e. The van der Waals surface area contributed by atoms with Gasteiger partial charge in [0.15, 0.2) is 5.75 Å². The van der Waals surface area contributed by atoms with Crippen molar-refractivity contribution in [2.24, 2.45) is 5.92 Å². The van der Waals surface area contributed by atoms with Crippen molar-refractivity contribution in [3.05, 3.63) is 65.0 Å². The molecule has 0 aliphatic carbocycles. The first-order valence-corrected chi connectivity index (χ1v) is 16.0. The van der Waals surface area contributed by atoms with Gasteiger partial charge in [-0.1, -0.05) is 12.1 Å². The summed E-state index contributed by atoms with van der Waals surface area (Å²) < 4.78 is 158. The van der Waals surface area contributed by atoms with Gasteiger partial charge in [0.25, 0.3) is 0 Å². The van der Waals surface area contributed by atoms with Crippen LogP contribution < -0.4 is 4.90 Å². The van der Waals surface area contributed by atoms with Gasteiger partial charge in [0.2, 0.25) is 15.9 Å². The maximum absolute atomic E-state index is 13.7. The van der Waals surface area contributed by atoms with E-state index >= 15 is 0 Å². The summed E-state index contributed by atoms with van der Waals surface area (Å²) in [5.74, 6) is -4.61. The molecule has 2 aromatic rings. The third kappa shape index (κ3) is 8.51. The van der Waals surface area contributed by atoms with E-state index in [0.29, 0.717) is 26.9 Å². The second kappa shape index (κ2) is 13.4. The van der Waals surface area contributed by atoms with Gasteiger partial charge in [-0.3, -0.25) is 9.69 Å². The molecule has 3 amide bonds. The molecule has 0 unspecified atom stereocenters. The zero-order chi connectivity index (χ0) is 36.0. The molecule has 2 aliphatic rings. The molecule has 19 heteroatoms. The zero-order valence-electron chi connectivity index (χ0n) is 25.3. The fourth-order valence-electron chi connectivity index (χ4n) is 5.95. The fraction of sp³-hybridized carbons (Fsp3) is 0.517. The maximum atomic E-state index is 13.7. The summed E-state index contributed by atoms with van der Waals surface area (Å²) in [5, 5.41) is 0. The average Bonchev–Trinajstić information content (AvgIpc) is 3.43. The topological polar surface area (TPSA) is 81.2 Å². The highest BCUT2D eigenvalue weighted by molar-refractivity contribution is 7.89. The number of anilines is 1. The minimum absolute atomic E-state index is 0.0508. The van der Waals surface area contributed by atoms with E-state index in [-0.39, 0.29) is 45.1 Å². The van der Waals surface area contributed by atoms with E-state index in [1.54, 1.807) is 0 Å². The molecule has 0 saturated carbocycles. The van der Waals surface area contributed by atoms with E-state index < -0.39 is 86.8 Å². The maximum Gasteiger partial charge on any atom is 0.416 e. The number of rotatable bonds is 6. The highest BCUT2D eigenvalue weighted by Gasteiger charge is 2.45. The lowest BCUT2D eigenvalue weighted by molar-refractivity contribution is -0.143. The standard InChI is InChI=1S/C29H30F10N4O4S/c1-40(22-12-19(28(34,35)36)11-20(13-22)29(37,38)39)26(45)41(2)24-15-42(14-23(24)17-3-5-21(30)6-4-17)25(44)18-7-9-43(10-8-18)48(46,47)16-27(31,32)33/h3-6,11-13,18,23-24H,7-10,14-16H2,1-2H3/t23-,24+/m0/s1. The highest BCUT2D eigenvalue weighted by atomic mass is 32.2. The number of piperidine rings is 1. The molecule has 2 fully saturated rings. The van der Waals surface area contributed by atoms with Gasteiger partial charge in [-0.25, -0.2) is 21.9 Å². The molecule has 2 saturated heterocycles. The number of likely N-dealkylation sites (N-methyl/N-ethyl adjacent to an activating group) is 1. The lowest BCUT2D eigenvalue weighted by Gasteiger charge is -2.33. The van der Waals surface area contributed by atoms with Crippen LogP contribution >= 0.6 is 0 Å². The van der Waals surface area contributed by atoms with Crippen LogP contribution in [0.25, 0.3) is 0 Å². The number of hydrogen-bond acceptors (Lipinski definition) is 4. The van der Waals surface area contributed by atoms with Crippen molar-refractivity contribution in [1.82, 2.24) is 14.1 Å². The number of carbonyl (C=O) groups is 2. The van der Waals surface area contributed by atoms with E-state index in [9.17, 15) is 61.9 Å². The molecule has 2 aromatic carbocycles. The lowest BCUT2D eigenvalue weighted by atomic mass is 9.93. The summed E-state index contributed by atoms with van der Waals surface area (Å²) >= 11 is 0. The average molecular weight is 721 g/mol. The second-order valence-corrected chi connectivity index (χ2v) is 13.7. The number of likely N-dealkylation sites (tertiary alicyclic amines) is 1. The van der Waals surface area contributed by atoms with Crippen molar-refractivity contribution in [1.29, 1.82) is 0 Å². The predicted molar refractivity (Wildman–Crippen MR) is 152 cm³/mol. The van der Waals surface area contributed by atoms with Gasteiger partial charge in [0, 0.05) is 57.8 Å². The molecule has 0 spiro atoms. The zero-order valence-corrected chi connectivity index (χ0v) is 26.1. The predicted octanol–water partition coefficient (Wildman–Crippen LogP) is 5.95. The summed E-state index contributed by atoms with van der Waals surface area (Å²) in [6, 6.07) is 3.84. The molecule has 0 aromatic heterocycles. The number of benzene rings is 2. The van der Waals surface area contributed by atoms with Crippen LogP contribution in [0.15, 0.2) is 42.5 Å². The quantitative estimate of drug-likeness (QED) is 0.346. The second-order valence-electron chi connectivity index (χ2n) is 11.7. The highest BCUT2D eigenvalue weighted by Crippen LogP contribution is 2.39. The number of halogens is 10. The number of urea groups is 1. The largest absolute Gasteiger partial charge is 0.416 e. The van der Waals surface area contributed by atoms with Crippen molar-refractivity contribution >= 4 is 27.6 Å². The first-order chi connectivity index (χ1) is 22.0. The number of sulfonamides is 1. The van der Waals surface area contributed by atoms with Crippen LogP contribution in [0.4, 0.5) is 54.4 Å². The van der Waals surface area contributed by atoms with E-state index in [2.05, 4.69) is 0 Å². The van der Waals surface area contributed by atoms with E-state index in [4.69, 9.17) is 0 Å². The minimum Gasteiger partial charge on any atom is -0.340 e. The Morgan fingerprint density at radius 1 is 0.833 bits per heavy atom. The Hall–Kier alpha value is -3.61. The van der Waals surface area contributed by atoms with Gasteiger partial charge in [-0.15, -0.1) is 0 Å². The number of alkyl halides is 9. The molecular formula is C29H30F10N4O4S. The summed E-state index contributed by atoms with van der Waals surface area (Å²) in [6.45, 7) is -0.897. The Balaban J connectivity index is 1.57. The summed E-state index contributed by atoms with van der Waals surface area (Å²) in [5.41, 5.74) is -3.50. The summed E-state index contributed by atoms with van der Waals surface area (Å²) in [7, 11) is -2.43. The first-order valence-electron chi connectivity index (χ1n) is 14.4. The molecule has 8 nitrogen and oxygen atoms in total. The van der Waals surface area contributed by atoms with Crippen molar-refractivity contribution < 1.29 is 61.9 Å². The van der Waals surface area contributed by atoms with Gasteiger partial charge in [-0.05, 0) is 48.7 Å².